The van der Waals surface area contributed by atoms with Crippen LogP contribution in [0.5, 0.6) is 28.7 Å². The minimum atomic E-state index is -4.19. The molecule has 0 bridgehead atoms. The van der Waals surface area contributed by atoms with Crippen LogP contribution < -0.4 is 30.7 Å². The number of phenolic OH excluding ortho intramolecular Hbond substituents is 3. The lowest BCUT2D eigenvalue weighted by atomic mass is 10.1. The largest absolute Gasteiger partial charge is 0.508 e. The van der Waals surface area contributed by atoms with E-state index in [4.69, 9.17) is 34.4 Å². The van der Waals surface area contributed by atoms with Crippen molar-refractivity contribution in [2.24, 2.45) is 0 Å². The summed E-state index contributed by atoms with van der Waals surface area (Å²) in [4.78, 5) is 37.3. The third-order valence-electron chi connectivity index (χ3n) is 25.4. The fourth-order valence-electron chi connectivity index (χ4n) is 18.5. The molecule has 21 rings (SSSR count). The van der Waals surface area contributed by atoms with E-state index in [1.165, 1.54) is 85.6 Å². The molecule has 5 aliphatic rings. The van der Waals surface area contributed by atoms with E-state index in [9.17, 15) is 69.4 Å². The Bertz CT molecular complexity index is 7680. The Morgan fingerprint density at radius 1 is 0.268 bits per heavy atom. The van der Waals surface area contributed by atoms with Crippen LogP contribution >= 0.6 is 0 Å². The zero-order valence-electron chi connectivity index (χ0n) is 74.9. The maximum Gasteiger partial charge on any atom is 0.231 e. The lowest BCUT2D eigenvalue weighted by Crippen LogP contribution is -2.16. The quantitative estimate of drug-likeness (QED) is 0.0268. The zero-order chi connectivity index (χ0) is 95.8. The van der Waals surface area contributed by atoms with E-state index in [1.54, 1.807) is 91.0 Å². The van der Waals surface area contributed by atoms with E-state index >= 15 is 0 Å². The highest BCUT2D eigenvalue weighted by Gasteiger charge is 2.36. The molecule has 4 fully saturated rings. The number of aromatic nitrogens is 8. The molecule has 5 heterocycles. The summed E-state index contributed by atoms with van der Waals surface area (Å²) in [6.45, 7) is -1.69. The molecule has 4 saturated carbocycles. The Balaban J connectivity index is 0.000000122. The molecule has 0 amide bonds. The SMILES string of the molecule is O=S(=O)(c1ccccc1CO)c1c(O)cccc1-c1nc(NC2CCCC2)c2ccccc2n1.O=S(=O)(c1ccccc1CO)c1cc(O)ccc1-c1nc(NC2CCCC2)c2ccccc2n1.O=S(=O)(c1ccccc1CO)c1cc2c(cc1-c1nc(NC3CCCC3)c3ccccc3n1)OCO2.O=S(=O)(c1ccccc1CO)c1ccc(O)cc1-c1nc(NC2CCCC2)c2ccccc2n1. The van der Waals surface area contributed by atoms with Gasteiger partial charge in [0.25, 0.3) is 0 Å². The molecule has 0 unspecified atom stereocenters. The number of aliphatic hydroxyl groups is 4. The molecule has 0 spiro atoms. The smallest absolute Gasteiger partial charge is 0.231 e. The fraction of sp³-hybridized carbons (Fsp3) is 0.238. The Hall–Kier alpha value is -14.2. The summed E-state index contributed by atoms with van der Waals surface area (Å²) in [5.74, 6) is 3.67. The fourth-order valence-corrected chi connectivity index (χ4v) is 25.3. The first-order valence-electron chi connectivity index (χ1n) is 45.8. The van der Waals surface area contributed by atoms with E-state index in [0.29, 0.717) is 97.7 Å². The van der Waals surface area contributed by atoms with Crippen molar-refractivity contribution in [1.82, 2.24) is 39.9 Å². The molecule has 33 heteroatoms. The van der Waals surface area contributed by atoms with Gasteiger partial charge in [0.15, 0.2) is 34.8 Å². The summed E-state index contributed by atoms with van der Waals surface area (Å²) in [5, 5.41) is 87.7. The number of fused-ring (bicyclic) bond motifs is 5. The number of sulfone groups is 4. The number of anilines is 4. The molecule has 0 saturated heterocycles. The van der Waals surface area contributed by atoms with Gasteiger partial charge in [0.2, 0.25) is 46.1 Å². The Morgan fingerprint density at radius 2 is 0.565 bits per heavy atom. The molecular formula is C105H100N12O17S4. The standard InChI is InChI=1S/C27H25N3O5S.3C26H25N3O4S/c31-15-17-7-1-6-12-24(17)36(32,33)25-14-23-22(34-16-35-23)13-20(25)27-29-21-11-5-4-10-19(21)26(30-27)28-18-8-2-3-9-18;30-16-17-8-1-6-15-23(17)34(32,33)24-20(12-7-14-22(24)31)26-28-21-13-5-4-11-19(21)25(29-26)27-18-9-2-3-10-18;30-16-17-7-1-6-12-23(17)34(32,33)24-14-13-19(31)15-21(24)26-28-22-11-5-4-10-20(22)25(29-26)27-18-8-2-3-9-18;30-16-17-7-1-6-12-23(17)34(32,33)24-15-19(31)13-14-21(24)26-28-22-11-5-4-10-20(22)25(29-26)27-18-8-2-3-9-18/h1,4-7,10-14,18,31H,2-3,8-9,15-16H2,(H,28,29,30);1,4-8,11-15,18,30-31H,2-3,9-10,16H2,(H,27,28,29);2*1,4-7,10-15,18,30-31H,2-3,8-9,16H2,(H,27,28,29). The maximum atomic E-state index is 14.0. The number of aromatic hydroxyl groups is 3. The predicted molar refractivity (Wildman–Crippen MR) is 526 cm³/mol. The van der Waals surface area contributed by atoms with Crippen molar-refractivity contribution in [1.29, 1.82) is 0 Å². The van der Waals surface area contributed by atoms with Gasteiger partial charge in [-0.15, -0.1) is 0 Å². The normalized spacial score (nSPS) is 14.8. The lowest BCUT2D eigenvalue weighted by Gasteiger charge is -2.17. The molecule has 11 N–H and O–H groups in total. The van der Waals surface area contributed by atoms with Crippen LogP contribution in [-0.2, 0) is 65.8 Å². The number of aliphatic hydroxyl groups excluding tert-OH is 4. The van der Waals surface area contributed by atoms with Crippen LogP contribution in [0, 0.1) is 0 Å². The Kier molecular flexibility index (Phi) is 28.0. The monoisotopic (exact) mass is 1930 g/mol. The van der Waals surface area contributed by atoms with Crippen LogP contribution in [0.15, 0.2) is 300 Å². The predicted octanol–water partition coefficient (Wildman–Crippen LogP) is 18.8. The molecule has 0 radical (unpaired) electrons. The van der Waals surface area contributed by atoms with Gasteiger partial charge in [-0.1, -0.05) is 179 Å². The van der Waals surface area contributed by atoms with Crippen molar-refractivity contribution in [2.45, 2.75) is 192 Å². The van der Waals surface area contributed by atoms with Gasteiger partial charge in [-0.25, -0.2) is 73.5 Å². The number of rotatable bonds is 24. The Morgan fingerprint density at radius 3 is 0.942 bits per heavy atom. The first kappa shape index (κ1) is 94.2. The molecule has 4 aromatic heterocycles. The van der Waals surface area contributed by atoms with Crippen molar-refractivity contribution in [2.75, 3.05) is 28.1 Å². The second-order valence-electron chi connectivity index (χ2n) is 34.4. The van der Waals surface area contributed by atoms with Gasteiger partial charge >= 0.3 is 0 Å². The minimum Gasteiger partial charge on any atom is -0.508 e. The summed E-state index contributed by atoms with van der Waals surface area (Å²) >= 11 is 0. The molecule has 138 heavy (non-hydrogen) atoms. The van der Waals surface area contributed by atoms with Gasteiger partial charge in [-0.3, -0.25) is 0 Å². The number of phenols is 3. The van der Waals surface area contributed by atoms with Crippen molar-refractivity contribution >= 4 is 106 Å². The van der Waals surface area contributed by atoms with Gasteiger partial charge in [0, 0.05) is 74.0 Å². The number of benzene rings is 12. The highest BCUT2D eigenvalue weighted by atomic mass is 32.2. The topological polar surface area (TPSA) is 448 Å². The van der Waals surface area contributed by atoms with E-state index in [1.807, 2.05) is 97.1 Å². The maximum absolute atomic E-state index is 14.0. The molecular weight excluding hydrogens is 1830 g/mol. The summed E-state index contributed by atoms with van der Waals surface area (Å²) in [6, 6.07) is 72.7. The van der Waals surface area contributed by atoms with E-state index in [2.05, 4.69) is 36.2 Å². The molecule has 29 nitrogen and oxygen atoms in total. The van der Waals surface area contributed by atoms with Gasteiger partial charge in [-0.05, 0) is 201 Å². The number of nitrogens with one attached hydrogen (secondary N) is 4. The number of nitrogens with zero attached hydrogens (tertiary/aromatic N) is 8. The van der Waals surface area contributed by atoms with E-state index in [-0.39, 0.29) is 109 Å². The summed E-state index contributed by atoms with van der Waals surface area (Å²) in [6.07, 6.45) is 17.8. The zero-order valence-corrected chi connectivity index (χ0v) is 78.2. The number of ether oxygens (including phenoxy) is 2. The third-order valence-corrected chi connectivity index (χ3v) is 33.1. The van der Waals surface area contributed by atoms with Crippen LogP contribution in [-0.4, -0.2) is 140 Å². The van der Waals surface area contributed by atoms with Crippen LogP contribution in [0.4, 0.5) is 23.3 Å². The average Bonchev–Trinajstić information content (AvgIpc) is 1.51. The molecule has 1 aliphatic heterocycles. The first-order chi connectivity index (χ1) is 67.0. The first-order valence-corrected chi connectivity index (χ1v) is 51.7. The van der Waals surface area contributed by atoms with E-state index in [0.717, 1.165) is 111 Å². The number of para-hydroxylation sites is 4. The summed E-state index contributed by atoms with van der Waals surface area (Å²) in [7, 11) is -16.4. The van der Waals surface area contributed by atoms with Crippen LogP contribution in [0.2, 0.25) is 0 Å². The highest BCUT2D eigenvalue weighted by Crippen LogP contribution is 2.46. The van der Waals surface area contributed by atoms with Gasteiger partial charge in [-0.2, -0.15) is 0 Å². The molecule has 0 atom stereocenters. The van der Waals surface area contributed by atoms with Crippen molar-refractivity contribution in [3.63, 3.8) is 0 Å². The van der Waals surface area contributed by atoms with Crippen LogP contribution in [0.1, 0.15) is 125 Å². The minimum absolute atomic E-state index is 0.00142. The van der Waals surface area contributed by atoms with Gasteiger partial charge in [0.05, 0.1) is 82.8 Å². The summed E-state index contributed by atoms with van der Waals surface area (Å²) in [5.41, 5.74) is 4.89. The number of hydrogen-bond acceptors (Lipinski definition) is 29. The highest BCUT2D eigenvalue weighted by molar-refractivity contribution is 7.92. The Labute approximate surface area is 797 Å². The van der Waals surface area contributed by atoms with Crippen LogP contribution in [0.3, 0.4) is 0 Å². The second-order valence-corrected chi connectivity index (χ2v) is 42.0. The number of hydrogen-bond donors (Lipinski definition) is 11. The van der Waals surface area contributed by atoms with Crippen molar-refractivity contribution < 1.29 is 78.9 Å². The van der Waals surface area contributed by atoms with Crippen molar-refractivity contribution in [3.05, 3.63) is 283 Å². The molecule has 706 valence electrons. The van der Waals surface area contributed by atoms with E-state index < -0.39 is 71.5 Å². The summed E-state index contributed by atoms with van der Waals surface area (Å²) < 4.78 is 121. The third kappa shape index (κ3) is 19.8. The molecule has 16 aromatic rings. The van der Waals surface area contributed by atoms with Gasteiger partial charge < -0.3 is 66.5 Å². The average molecular weight is 1930 g/mol. The van der Waals surface area contributed by atoms with Crippen LogP contribution in [0.25, 0.3) is 89.2 Å². The molecule has 4 aliphatic carbocycles. The second kappa shape index (κ2) is 41.0. The lowest BCUT2D eigenvalue weighted by molar-refractivity contribution is 0.174. The van der Waals surface area contributed by atoms with Gasteiger partial charge in [0.1, 0.15) is 45.4 Å². The molecule has 12 aromatic carbocycles. The van der Waals surface area contributed by atoms with Crippen molar-refractivity contribution in [3.8, 4) is 74.3 Å².